The molecule has 6 heteroatoms. The second kappa shape index (κ2) is 9.18. The SMILES string of the molecule is CC(C)C1=CN(C2CNCC2C(=O)O)C(=O)C[C@@]1(C)c1ccc(CCC(C)(C)C)c(Cl)c1. The minimum absolute atomic E-state index is 0.0372. The van der Waals surface area contributed by atoms with Crippen LogP contribution in [0.5, 0.6) is 0 Å². The number of hydrogen-bond acceptors (Lipinski definition) is 3. The molecule has 1 saturated heterocycles. The van der Waals surface area contributed by atoms with Crippen LogP contribution in [0.1, 0.15) is 65.5 Å². The van der Waals surface area contributed by atoms with Gasteiger partial charge in [0.15, 0.2) is 0 Å². The number of carbonyl (C=O) groups excluding carboxylic acids is 1. The number of rotatable bonds is 6. The van der Waals surface area contributed by atoms with Crippen molar-refractivity contribution >= 4 is 23.5 Å². The van der Waals surface area contributed by atoms with Crippen molar-refractivity contribution in [3.8, 4) is 0 Å². The molecule has 5 nitrogen and oxygen atoms in total. The maximum absolute atomic E-state index is 13.3. The molecule has 1 aromatic carbocycles. The highest BCUT2D eigenvalue weighted by Crippen LogP contribution is 2.44. The van der Waals surface area contributed by atoms with Gasteiger partial charge in [-0.25, -0.2) is 0 Å². The Balaban J connectivity index is 1.95. The molecule has 32 heavy (non-hydrogen) atoms. The molecule has 2 aliphatic heterocycles. The summed E-state index contributed by atoms with van der Waals surface area (Å²) in [5.41, 5.74) is 3.07. The maximum atomic E-state index is 13.3. The first kappa shape index (κ1) is 24.8. The van der Waals surface area contributed by atoms with Gasteiger partial charge >= 0.3 is 5.97 Å². The summed E-state index contributed by atoms with van der Waals surface area (Å²) in [5, 5.41) is 13.5. The molecule has 0 bridgehead atoms. The zero-order valence-electron chi connectivity index (χ0n) is 20.2. The number of nitrogens with zero attached hydrogens (tertiary/aromatic N) is 1. The molecule has 0 aliphatic carbocycles. The lowest BCUT2D eigenvalue weighted by molar-refractivity contribution is -0.144. The Kier molecular flexibility index (Phi) is 7.11. The van der Waals surface area contributed by atoms with Crippen molar-refractivity contribution in [1.29, 1.82) is 0 Å². The lowest BCUT2D eigenvalue weighted by Crippen LogP contribution is -2.49. The summed E-state index contributed by atoms with van der Waals surface area (Å²) in [6, 6.07) is 5.88. The second-order valence-corrected chi connectivity index (χ2v) is 11.5. The third-order valence-electron chi connectivity index (χ3n) is 7.02. The molecule has 1 amide bonds. The van der Waals surface area contributed by atoms with Crippen LogP contribution >= 0.6 is 11.6 Å². The number of amides is 1. The van der Waals surface area contributed by atoms with Crippen LogP contribution in [0.3, 0.4) is 0 Å². The Morgan fingerprint density at radius 2 is 2.00 bits per heavy atom. The molecule has 2 aliphatic rings. The topological polar surface area (TPSA) is 69.6 Å². The maximum Gasteiger partial charge on any atom is 0.309 e. The van der Waals surface area contributed by atoms with Crippen LogP contribution in [0.15, 0.2) is 30.0 Å². The Morgan fingerprint density at radius 1 is 1.31 bits per heavy atom. The van der Waals surface area contributed by atoms with E-state index in [1.54, 1.807) is 4.90 Å². The standard InChI is InChI=1S/C26H37ClN2O3/c1-16(2)20-15-29(22-14-28-13-19(22)24(31)32)23(30)12-26(20,6)18-8-7-17(21(27)11-18)9-10-25(3,4)5/h7-8,11,15-16,19,22,28H,9-10,12-14H2,1-6H3,(H,31,32)/t19?,22?,26-/m0/s1. The number of halogens is 1. The number of benzene rings is 1. The van der Waals surface area contributed by atoms with Crippen molar-refractivity contribution in [2.24, 2.45) is 17.3 Å². The first-order chi connectivity index (χ1) is 14.8. The van der Waals surface area contributed by atoms with Gasteiger partial charge in [0.1, 0.15) is 0 Å². The minimum atomic E-state index is -0.863. The van der Waals surface area contributed by atoms with E-state index in [1.807, 2.05) is 12.3 Å². The van der Waals surface area contributed by atoms with Crippen molar-refractivity contribution in [3.63, 3.8) is 0 Å². The highest BCUT2D eigenvalue weighted by molar-refractivity contribution is 6.31. The smallest absolute Gasteiger partial charge is 0.309 e. The molecular weight excluding hydrogens is 424 g/mol. The van der Waals surface area contributed by atoms with E-state index in [-0.39, 0.29) is 23.3 Å². The summed E-state index contributed by atoms with van der Waals surface area (Å²) in [6.45, 7) is 13.9. The van der Waals surface area contributed by atoms with Gasteiger partial charge in [-0.05, 0) is 46.9 Å². The van der Waals surface area contributed by atoms with E-state index in [0.29, 0.717) is 19.5 Å². The zero-order valence-corrected chi connectivity index (χ0v) is 20.9. The summed E-state index contributed by atoms with van der Waals surface area (Å²) >= 11 is 6.70. The monoisotopic (exact) mass is 460 g/mol. The Hall–Kier alpha value is -1.85. The van der Waals surface area contributed by atoms with E-state index >= 15 is 0 Å². The predicted octanol–water partition coefficient (Wildman–Crippen LogP) is 5.02. The van der Waals surface area contributed by atoms with Crippen LogP contribution in [-0.2, 0) is 21.4 Å². The Labute approximate surface area is 197 Å². The van der Waals surface area contributed by atoms with Crippen molar-refractivity contribution in [2.45, 2.75) is 72.3 Å². The van der Waals surface area contributed by atoms with Gasteiger partial charge in [0.25, 0.3) is 0 Å². The van der Waals surface area contributed by atoms with Crippen LogP contribution in [-0.4, -0.2) is 41.0 Å². The number of nitrogens with one attached hydrogen (secondary N) is 1. The normalized spacial score (nSPS) is 26.6. The van der Waals surface area contributed by atoms with Gasteiger partial charge in [-0.2, -0.15) is 0 Å². The first-order valence-corrected chi connectivity index (χ1v) is 12.0. The van der Waals surface area contributed by atoms with Gasteiger partial charge in [0.05, 0.1) is 12.0 Å². The van der Waals surface area contributed by atoms with E-state index in [9.17, 15) is 14.7 Å². The third-order valence-corrected chi connectivity index (χ3v) is 7.37. The molecule has 2 heterocycles. The van der Waals surface area contributed by atoms with E-state index in [2.05, 4.69) is 59.0 Å². The Morgan fingerprint density at radius 3 is 2.56 bits per heavy atom. The zero-order chi connectivity index (χ0) is 23.8. The molecule has 2 unspecified atom stereocenters. The van der Waals surface area contributed by atoms with E-state index in [4.69, 9.17) is 11.6 Å². The van der Waals surface area contributed by atoms with Gasteiger partial charge in [-0.15, -0.1) is 0 Å². The van der Waals surface area contributed by atoms with Gasteiger partial charge in [0.2, 0.25) is 5.91 Å². The number of aliphatic carboxylic acids is 1. The summed E-state index contributed by atoms with van der Waals surface area (Å²) in [6.07, 6.45) is 4.20. The van der Waals surface area contributed by atoms with Crippen molar-refractivity contribution in [2.75, 3.05) is 13.1 Å². The third kappa shape index (κ3) is 5.04. The molecule has 176 valence electrons. The Bertz CT molecular complexity index is 918. The van der Waals surface area contributed by atoms with Crippen molar-refractivity contribution < 1.29 is 14.7 Å². The summed E-state index contributed by atoms with van der Waals surface area (Å²) in [4.78, 5) is 26.7. The molecule has 0 saturated carbocycles. The highest BCUT2D eigenvalue weighted by atomic mass is 35.5. The number of carboxylic acids is 1. The fourth-order valence-electron chi connectivity index (χ4n) is 5.01. The molecule has 3 rings (SSSR count). The number of carboxylic acid groups (broad SMARTS) is 1. The summed E-state index contributed by atoms with van der Waals surface area (Å²) in [5.74, 6) is -1.29. The first-order valence-electron chi connectivity index (χ1n) is 11.6. The van der Waals surface area contributed by atoms with Crippen LogP contribution in [0.25, 0.3) is 0 Å². The highest BCUT2D eigenvalue weighted by Gasteiger charge is 2.45. The van der Waals surface area contributed by atoms with Crippen LogP contribution in [0.4, 0.5) is 0 Å². The van der Waals surface area contributed by atoms with Crippen LogP contribution in [0.2, 0.25) is 5.02 Å². The lowest BCUT2D eigenvalue weighted by atomic mass is 9.68. The minimum Gasteiger partial charge on any atom is -0.481 e. The van der Waals surface area contributed by atoms with Crippen LogP contribution < -0.4 is 5.32 Å². The number of hydrogen-bond donors (Lipinski definition) is 2. The van der Waals surface area contributed by atoms with Gasteiger partial charge in [-0.3, -0.25) is 9.59 Å². The molecule has 3 atom stereocenters. The lowest BCUT2D eigenvalue weighted by Gasteiger charge is -2.43. The summed E-state index contributed by atoms with van der Waals surface area (Å²) in [7, 11) is 0. The number of carbonyl (C=O) groups is 2. The molecule has 0 aromatic heterocycles. The van der Waals surface area contributed by atoms with Crippen molar-refractivity contribution in [3.05, 3.63) is 46.1 Å². The predicted molar refractivity (Wildman–Crippen MR) is 129 cm³/mol. The summed E-state index contributed by atoms with van der Waals surface area (Å²) < 4.78 is 0. The quantitative estimate of drug-likeness (QED) is 0.625. The van der Waals surface area contributed by atoms with Gasteiger partial charge < -0.3 is 15.3 Å². The largest absolute Gasteiger partial charge is 0.481 e. The number of allylic oxidation sites excluding steroid dienone is 1. The molecule has 2 N–H and O–H groups in total. The van der Waals surface area contributed by atoms with Gasteiger partial charge in [0, 0.05) is 36.1 Å². The second-order valence-electron chi connectivity index (χ2n) is 11.1. The molecular formula is C26H37ClN2O3. The molecule has 0 spiro atoms. The van der Waals surface area contributed by atoms with E-state index in [0.717, 1.165) is 34.6 Å². The number of aryl methyl sites for hydroxylation is 1. The van der Waals surface area contributed by atoms with E-state index in [1.165, 1.54) is 0 Å². The molecule has 1 aromatic rings. The van der Waals surface area contributed by atoms with Crippen LogP contribution in [0, 0.1) is 17.3 Å². The average Bonchev–Trinajstić information content (AvgIpc) is 3.15. The average molecular weight is 461 g/mol. The van der Waals surface area contributed by atoms with Gasteiger partial charge in [-0.1, -0.05) is 65.3 Å². The molecule has 1 fully saturated rings. The fraction of sp³-hybridized carbons (Fsp3) is 0.615. The molecule has 0 radical (unpaired) electrons. The van der Waals surface area contributed by atoms with E-state index < -0.39 is 17.3 Å². The fourth-order valence-corrected chi connectivity index (χ4v) is 5.28. The van der Waals surface area contributed by atoms with Crippen molar-refractivity contribution in [1.82, 2.24) is 10.2 Å².